The molecular formula is C9H9ClN2OS. The number of hydrogen-bond donors (Lipinski definition) is 1. The highest BCUT2D eigenvalue weighted by atomic mass is 35.5. The van der Waals surface area contributed by atoms with Gasteiger partial charge >= 0.3 is 0 Å². The van der Waals surface area contributed by atoms with E-state index in [0.717, 1.165) is 9.88 Å². The first-order valence-electron chi connectivity index (χ1n) is 4.14. The van der Waals surface area contributed by atoms with Crippen LogP contribution in [0, 0.1) is 0 Å². The molecule has 14 heavy (non-hydrogen) atoms. The second-order valence-electron chi connectivity index (χ2n) is 2.96. The Balaban J connectivity index is 2.33. The lowest BCUT2D eigenvalue weighted by Crippen LogP contribution is -2.01. The molecule has 0 aliphatic carbocycles. The summed E-state index contributed by atoms with van der Waals surface area (Å²) in [6, 6.07) is 3.50. The first-order valence-corrected chi connectivity index (χ1v) is 5.33. The quantitative estimate of drug-likeness (QED) is 0.860. The van der Waals surface area contributed by atoms with Crippen LogP contribution in [0.5, 0.6) is 0 Å². The summed E-state index contributed by atoms with van der Waals surface area (Å²) in [5, 5.41) is 1.18. The molecule has 0 aliphatic rings. The van der Waals surface area contributed by atoms with Crippen molar-refractivity contribution in [3.05, 3.63) is 28.4 Å². The molecule has 2 aromatic heterocycles. The Bertz CT molecular complexity index is 435. The van der Waals surface area contributed by atoms with Crippen LogP contribution in [0.25, 0.3) is 10.8 Å². The highest BCUT2D eigenvalue weighted by molar-refractivity contribution is 7.15. The zero-order valence-electron chi connectivity index (χ0n) is 7.53. The predicted molar refractivity (Wildman–Crippen MR) is 57.4 cm³/mol. The van der Waals surface area contributed by atoms with E-state index in [2.05, 4.69) is 4.98 Å². The lowest BCUT2D eigenvalue weighted by Gasteiger charge is -1.96. The monoisotopic (exact) mass is 228 g/mol. The van der Waals surface area contributed by atoms with Crippen LogP contribution in [-0.2, 0) is 0 Å². The van der Waals surface area contributed by atoms with Gasteiger partial charge < -0.3 is 10.2 Å². The summed E-state index contributed by atoms with van der Waals surface area (Å²) in [6.45, 7) is 1.92. The molecule has 0 amide bonds. The van der Waals surface area contributed by atoms with E-state index in [-0.39, 0.29) is 6.04 Å². The summed E-state index contributed by atoms with van der Waals surface area (Å²) in [5.74, 6) is 0.687. The molecule has 0 bridgehead atoms. The Morgan fingerprint density at radius 3 is 2.86 bits per heavy atom. The first-order chi connectivity index (χ1) is 6.66. The van der Waals surface area contributed by atoms with Gasteiger partial charge in [0, 0.05) is 17.1 Å². The van der Waals surface area contributed by atoms with E-state index in [1.54, 1.807) is 18.3 Å². The van der Waals surface area contributed by atoms with Crippen LogP contribution in [-0.4, -0.2) is 4.98 Å². The molecule has 1 unspecified atom stereocenters. The van der Waals surface area contributed by atoms with E-state index in [0.29, 0.717) is 11.0 Å². The van der Waals surface area contributed by atoms with Crippen LogP contribution in [0.4, 0.5) is 0 Å². The highest BCUT2D eigenvalue weighted by Gasteiger charge is 2.10. The molecule has 1 atom stereocenters. The van der Waals surface area contributed by atoms with Crippen LogP contribution in [0.1, 0.15) is 17.8 Å². The first kappa shape index (κ1) is 9.71. The van der Waals surface area contributed by atoms with Gasteiger partial charge in [-0.1, -0.05) is 0 Å². The zero-order chi connectivity index (χ0) is 10.1. The van der Waals surface area contributed by atoms with Crippen LogP contribution >= 0.6 is 22.9 Å². The molecule has 3 nitrogen and oxygen atoms in total. The Morgan fingerprint density at radius 1 is 1.57 bits per heavy atom. The fraction of sp³-hybridized carbons (Fsp3) is 0.222. The minimum atomic E-state index is 0.00619. The SMILES string of the molecule is CC(N)c1cnc(-c2ccc(Cl)o2)s1. The van der Waals surface area contributed by atoms with E-state index in [9.17, 15) is 0 Å². The molecule has 2 heterocycles. The molecular weight excluding hydrogens is 220 g/mol. The van der Waals surface area contributed by atoms with Crippen molar-refractivity contribution in [2.24, 2.45) is 5.73 Å². The van der Waals surface area contributed by atoms with Crippen molar-refractivity contribution in [2.45, 2.75) is 13.0 Å². The van der Waals surface area contributed by atoms with Crippen molar-refractivity contribution >= 4 is 22.9 Å². The normalized spacial score (nSPS) is 13.1. The molecule has 0 saturated heterocycles. The second kappa shape index (κ2) is 3.73. The van der Waals surface area contributed by atoms with Gasteiger partial charge in [0.25, 0.3) is 0 Å². The Kier molecular flexibility index (Phi) is 2.58. The van der Waals surface area contributed by atoms with Gasteiger partial charge in [-0.25, -0.2) is 4.98 Å². The summed E-state index contributed by atoms with van der Waals surface area (Å²) in [4.78, 5) is 5.24. The van der Waals surface area contributed by atoms with Gasteiger partial charge in [-0.05, 0) is 30.7 Å². The summed E-state index contributed by atoms with van der Waals surface area (Å²) in [7, 11) is 0. The van der Waals surface area contributed by atoms with E-state index >= 15 is 0 Å². The number of hydrogen-bond acceptors (Lipinski definition) is 4. The molecule has 0 saturated carbocycles. The maximum atomic E-state index is 5.72. The maximum Gasteiger partial charge on any atom is 0.194 e. The molecule has 0 fully saturated rings. The highest BCUT2D eigenvalue weighted by Crippen LogP contribution is 2.30. The third-order valence-corrected chi connectivity index (χ3v) is 3.17. The summed E-state index contributed by atoms with van der Waals surface area (Å²) >= 11 is 7.18. The number of thiazole rings is 1. The zero-order valence-corrected chi connectivity index (χ0v) is 9.10. The van der Waals surface area contributed by atoms with Gasteiger partial charge in [0.15, 0.2) is 16.0 Å². The lowest BCUT2D eigenvalue weighted by molar-refractivity contribution is 0.584. The molecule has 74 valence electrons. The number of nitrogens with zero attached hydrogens (tertiary/aromatic N) is 1. The van der Waals surface area contributed by atoms with Crippen LogP contribution in [0.3, 0.4) is 0 Å². The fourth-order valence-electron chi connectivity index (χ4n) is 1.04. The van der Waals surface area contributed by atoms with Crippen molar-refractivity contribution in [1.82, 2.24) is 4.98 Å². The minimum absolute atomic E-state index is 0.00619. The molecule has 0 spiro atoms. The fourth-order valence-corrected chi connectivity index (χ4v) is 2.02. The smallest absolute Gasteiger partial charge is 0.194 e. The largest absolute Gasteiger partial charge is 0.442 e. The number of nitrogens with two attached hydrogens (primary N) is 1. The summed E-state index contributed by atoms with van der Waals surface area (Å²) in [5.41, 5.74) is 5.72. The minimum Gasteiger partial charge on any atom is -0.442 e. The third kappa shape index (κ3) is 1.82. The average Bonchev–Trinajstić information content (AvgIpc) is 2.70. The van der Waals surface area contributed by atoms with E-state index in [1.165, 1.54) is 11.3 Å². The van der Waals surface area contributed by atoms with E-state index < -0.39 is 0 Å². The summed E-state index contributed by atoms with van der Waals surface area (Å²) < 4.78 is 5.24. The summed E-state index contributed by atoms with van der Waals surface area (Å²) in [6.07, 6.45) is 1.76. The van der Waals surface area contributed by atoms with Gasteiger partial charge in [0.05, 0.1) is 0 Å². The third-order valence-electron chi connectivity index (χ3n) is 1.76. The van der Waals surface area contributed by atoms with Gasteiger partial charge in [-0.2, -0.15) is 0 Å². The lowest BCUT2D eigenvalue weighted by atomic mass is 10.3. The molecule has 2 rings (SSSR count). The average molecular weight is 229 g/mol. The van der Waals surface area contributed by atoms with Crippen molar-refractivity contribution < 1.29 is 4.42 Å². The molecule has 2 aromatic rings. The molecule has 0 aliphatic heterocycles. The molecule has 0 aromatic carbocycles. The van der Waals surface area contributed by atoms with Crippen molar-refractivity contribution in [3.8, 4) is 10.8 Å². The Morgan fingerprint density at radius 2 is 2.36 bits per heavy atom. The Labute approximate surface area is 90.5 Å². The van der Waals surface area contributed by atoms with Gasteiger partial charge in [0.1, 0.15) is 0 Å². The number of furan rings is 1. The van der Waals surface area contributed by atoms with Crippen LogP contribution < -0.4 is 5.73 Å². The van der Waals surface area contributed by atoms with Gasteiger partial charge in [0.2, 0.25) is 0 Å². The maximum absolute atomic E-state index is 5.72. The van der Waals surface area contributed by atoms with Crippen LogP contribution in [0.2, 0.25) is 5.22 Å². The van der Waals surface area contributed by atoms with Crippen molar-refractivity contribution in [1.29, 1.82) is 0 Å². The van der Waals surface area contributed by atoms with Crippen molar-refractivity contribution in [2.75, 3.05) is 0 Å². The van der Waals surface area contributed by atoms with Gasteiger partial charge in [-0.3, -0.25) is 0 Å². The Hall–Kier alpha value is -0.840. The topological polar surface area (TPSA) is 52.0 Å². The molecule has 5 heteroatoms. The standard InChI is InChI=1S/C9H9ClN2OS/c1-5(11)7-4-12-9(14-7)6-2-3-8(10)13-6/h2-5H,11H2,1H3. The van der Waals surface area contributed by atoms with Gasteiger partial charge in [-0.15, -0.1) is 11.3 Å². The van der Waals surface area contributed by atoms with Crippen molar-refractivity contribution in [3.63, 3.8) is 0 Å². The van der Waals surface area contributed by atoms with Crippen LogP contribution in [0.15, 0.2) is 22.7 Å². The van der Waals surface area contributed by atoms with E-state index in [1.807, 2.05) is 6.92 Å². The van der Waals surface area contributed by atoms with E-state index in [4.69, 9.17) is 21.8 Å². The number of rotatable bonds is 2. The molecule has 2 N–H and O–H groups in total. The molecule has 0 radical (unpaired) electrons. The second-order valence-corrected chi connectivity index (χ2v) is 4.39. The number of halogens is 1. The predicted octanol–water partition coefficient (Wildman–Crippen LogP) is 3.08. The number of aromatic nitrogens is 1.